The Hall–Kier alpha value is -2.37. The van der Waals surface area contributed by atoms with E-state index in [1.165, 1.54) is 25.2 Å². The second kappa shape index (κ2) is 5.09. The topological polar surface area (TPSA) is 72.9 Å². The van der Waals surface area contributed by atoms with Crippen molar-refractivity contribution in [2.24, 2.45) is 0 Å². The second-order valence-electron chi connectivity index (χ2n) is 4.07. The normalized spacial score (nSPS) is 14.7. The van der Waals surface area contributed by atoms with Crippen molar-refractivity contribution < 1.29 is 23.9 Å². The van der Waals surface area contributed by atoms with E-state index in [-0.39, 0.29) is 30.2 Å². The van der Waals surface area contributed by atoms with Crippen molar-refractivity contribution in [3.05, 3.63) is 23.8 Å². The summed E-state index contributed by atoms with van der Waals surface area (Å²) < 4.78 is 9.74. The molecule has 0 aliphatic carbocycles. The number of carbonyl (C=O) groups excluding carboxylic acids is 3. The van der Waals surface area contributed by atoms with Crippen molar-refractivity contribution in [3.63, 3.8) is 0 Å². The van der Waals surface area contributed by atoms with E-state index in [9.17, 15) is 14.4 Å². The van der Waals surface area contributed by atoms with Gasteiger partial charge in [-0.15, -0.1) is 0 Å². The van der Waals surface area contributed by atoms with E-state index < -0.39 is 5.97 Å². The zero-order valence-electron chi connectivity index (χ0n) is 10.6. The van der Waals surface area contributed by atoms with Crippen LogP contribution in [0.25, 0.3) is 0 Å². The monoisotopic (exact) mass is 263 g/mol. The molecule has 0 atom stereocenters. The third-order valence-electron chi connectivity index (χ3n) is 2.88. The Balaban J connectivity index is 2.49. The first kappa shape index (κ1) is 13.1. The zero-order chi connectivity index (χ0) is 14.0. The molecule has 6 heteroatoms. The molecule has 1 aliphatic heterocycles. The second-order valence-corrected chi connectivity index (χ2v) is 4.07. The van der Waals surface area contributed by atoms with Gasteiger partial charge >= 0.3 is 5.97 Å². The van der Waals surface area contributed by atoms with Crippen molar-refractivity contribution in [2.75, 3.05) is 25.7 Å². The Morgan fingerprint density at radius 3 is 2.53 bits per heavy atom. The molecule has 0 spiro atoms. The first-order valence-electron chi connectivity index (χ1n) is 5.65. The minimum atomic E-state index is -0.565. The van der Waals surface area contributed by atoms with Crippen molar-refractivity contribution >= 4 is 23.3 Å². The molecule has 100 valence electrons. The molecule has 0 unspecified atom stereocenters. The van der Waals surface area contributed by atoms with Gasteiger partial charge in [0.25, 0.3) is 0 Å². The van der Waals surface area contributed by atoms with Gasteiger partial charge in [-0.2, -0.15) is 0 Å². The summed E-state index contributed by atoms with van der Waals surface area (Å²) in [5, 5.41) is 0. The number of Topliss-reactive ketones (excluding diaryl/α,β-unsaturated/α-hetero) is 1. The van der Waals surface area contributed by atoms with Gasteiger partial charge in [0.15, 0.2) is 5.78 Å². The highest BCUT2D eigenvalue weighted by molar-refractivity contribution is 6.16. The third kappa shape index (κ3) is 2.42. The lowest BCUT2D eigenvalue weighted by Gasteiger charge is -2.18. The number of benzene rings is 1. The fraction of sp³-hybridized carbons (Fsp3) is 0.308. The number of nitrogens with zero attached hydrogens (tertiary/aromatic N) is 1. The number of amides is 1. The summed E-state index contributed by atoms with van der Waals surface area (Å²) in [5.74, 6) is -0.577. The minimum Gasteiger partial charge on any atom is -0.497 e. The Labute approximate surface area is 109 Å². The van der Waals surface area contributed by atoms with Crippen LogP contribution >= 0.6 is 0 Å². The smallest absolute Gasteiger partial charge is 0.339 e. The fourth-order valence-corrected chi connectivity index (χ4v) is 1.95. The molecule has 0 saturated carbocycles. The van der Waals surface area contributed by atoms with Crippen LogP contribution in [0.5, 0.6) is 5.75 Å². The van der Waals surface area contributed by atoms with Crippen LogP contribution in [0, 0.1) is 0 Å². The number of ether oxygens (including phenoxy) is 2. The van der Waals surface area contributed by atoms with Crippen LogP contribution in [0.4, 0.5) is 5.69 Å². The Kier molecular flexibility index (Phi) is 3.50. The molecular formula is C13H13NO5. The molecule has 19 heavy (non-hydrogen) atoms. The standard InChI is InChI=1S/C13H13NO5/c1-18-9-3-4-10(13(17)19-2)11(6-9)14-7-8(15)5-12(14)16/h3-4,6H,5,7H2,1-2H3. The van der Waals surface area contributed by atoms with E-state index in [4.69, 9.17) is 4.74 Å². The highest BCUT2D eigenvalue weighted by atomic mass is 16.5. The molecule has 1 fully saturated rings. The van der Waals surface area contributed by atoms with Crippen LogP contribution in [-0.2, 0) is 14.3 Å². The van der Waals surface area contributed by atoms with Crippen LogP contribution in [0.3, 0.4) is 0 Å². The molecule has 2 rings (SSSR count). The van der Waals surface area contributed by atoms with Crippen molar-refractivity contribution in [1.82, 2.24) is 0 Å². The maximum absolute atomic E-state index is 11.8. The average molecular weight is 263 g/mol. The van der Waals surface area contributed by atoms with E-state index in [1.54, 1.807) is 12.1 Å². The first-order chi connectivity index (χ1) is 9.06. The summed E-state index contributed by atoms with van der Waals surface area (Å²) in [5.41, 5.74) is 0.563. The molecule has 1 heterocycles. The van der Waals surface area contributed by atoms with Crippen LogP contribution in [0.2, 0.25) is 0 Å². The molecule has 1 aliphatic rings. The molecule has 1 saturated heterocycles. The van der Waals surface area contributed by atoms with Crippen LogP contribution in [-0.4, -0.2) is 38.4 Å². The molecule has 1 aromatic rings. The summed E-state index contributed by atoms with van der Waals surface area (Å²) in [4.78, 5) is 36.1. The average Bonchev–Trinajstić information content (AvgIpc) is 2.76. The Morgan fingerprint density at radius 2 is 2.00 bits per heavy atom. The van der Waals surface area contributed by atoms with E-state index in [2.05, 4.69) is 4.74 Å². The summed E-state index contributed by atoms with van der Waals surface area (Å²) in [7, 11) is 2.74. The molecule has 0 N–H and O–H groups in total. The van der Waals surface area contributed by atoms with Gasteiger partial charge in [0.1, 0.15) is 5.75 Å². The Morgan fingerprint density at radius 1 is 1.26 bits per heavy atom. The molecule has 1 aromatic carbocycles. The summed E-state index contributed by atoms with van der Waals surface area (Å²) in [6.45, 7) is -0.0318. The van der Waals surface area contributed by atoms with E-state index in [0.29, 0.717) is 11.4 Å². The van der Waals surface area contributed by atoms with Crippen molar-refractivity contribution in [2.45, 2.75) is 6.42 Å². The van der Waals surface area contributed by atoms with Gasteiger partial charge in [-0.25, -0.2) is 4.79 Å². The van der Waals surface area contributed by atoms with Gasteiger partial charge in [0.2, 0.25) is 5.91 Å². The maximum atomic E-state index is 11.8. The van der Waals surface area contributed by atoms with E-state index in [1.807, 2.05) is 0 Å². The largest absolute Gasteiger partial charge is 0.497 e. The van der Waals surface area contributed by atoms with Crippen molar-refractivity contribution in [1.29, 1.82) is 0 Å². The zero-order valence-corrected chi connectivity index (χ0v) is 10.6. The predicted octanol–water partition coefficient (Wildman–Crippen LogP) is 0.788. The quantitative estimate of drug-likeness (QED) is 0.595. The van der Waals surface area contributed by atoms with Crippen LogP contribution in [0.1, 0.15) is 16.8 Å². The number of anilines is 1. The Bertz CT molecular complexity index is 552. The summed E-state index contributed by atoms with van der Waals surface area (Å²) >= 11 is 0. The fourth-order valence-electron chi connectivity index (χ4n) is 1.95. The van der Waals surface area contributed by atoms with Gasteiger partial charge in [0, 0.05) is 6.07 Å². The van der Waals surface area contributed by atoms with Gasteiger partial charge in [0.05, 0.1) is 38.4 Å². The van der Waals surface area contributed by atoms with Gasteiger partial charge in [-0.3, -0.25) is 9.59 Å². The molecular weight excluding hydrogens is 250 g/mol. The number of carbonyl (C=O) groups is 3. The van der Waals surface area contributed by atoms with Crippen LogP contribution < -0.4 is 9.64 Å². The minimum absolute atomic E-state index is 0.0318. The first-order valence-corrected chi connectivity index (χ1v) is 5.65. The highest BCUT2D eigenvalue weighted by Crippen LogP contribution is 2.29. The molecule has 1 amide bonds. The summed E-state index contributed by atoms with van der Waals surface area (Å²) in [6, 6.07) is 4.65. The number of methoxy groups -OCH3 is 2. The number of hydrogen-bond acceptors (Lipinski definition) is 5. The van der Waals surface area contributed by atoms with Crippen LogP contribution in [0.15, 0.2) is 18.2 Å². The van der Waals surface area contributed by atoms with Gasteiger partial charge < -0.3 is 14.4 Å². The number of ketones is 1. The third-order valence-corrected chi connectivity index (χ3v) is 2.88. The summed E-state index contributed by atoms with van der Waals surface area (Å²) in [6.07, 6.45) is -0.141. The SMILES string of the molecule is COC(=O)c1ccc(OC)cc1N1CC(=O)CC1=O. The molecule has 6 nitrogen and oxygen atoms in total. The van der Waals surface area contributed by atoms with Gasteiger partial charge in [-0.1, -0.05) is 0 Å². The number of hydrogen-bond donors (Lipinski definition) is 0. The number of rotatable bonds is 3. The predicted molar refractivity (Wildman–Crippen MR) is 66.3 cm³/mol. The molecule has 0 aromatic heterocycles. The van der Waals surface area contributed by atoms with Gasteiger partial charge in [-0.05, 0) is 12.1 Å². The van der Waals surface area contributed by atoms with Crippen molar-refractivity contribution in [3.8, 4) is 5.75 Å². The number of esters is 1. The maximum Gasteiger partial charge on any atom is 0.339 e. The van der Waals surface area contributed by atoms with E-state index in [0.717, 1.165) is 0 Å². The van der Waals surface area contributed by atoms with E-state index >= 15 is 0 Å². The highest BCUT2D eigenvalue weighted by Gasteiger charge is 2.31. The lowest BCUT2D eigenvalue weighted by Crippen LogP contribution is -2.26. The lowest BCUT2D eigenvalue weighted by atomic mass is 10.1. The molecule has 0 radical (unpaired) electrons. The molecule has 0 bridgehead atoms. The lowest BCUT2D eigenvalue weighted by molar-refractivity contribution is -0.121.